The van der Waals surface area contributed by atoms with Crippen molar-refractivity contribution in [1.82, 2.24) is 14.5 Å². The minimum Gasteiger partial charge on any atom is -0.378 e. The molecule has 6 rings (SSSR count). The fraction of sp³-hybridized carbons (Fsp3) is 0.192. The number of para-hydroxylation sites is 1. The van der Waals surface area contributed by atoms with Crippen LogP contribution in [0.1, 0.15) is 11.1 Å². The second kappa shape index (κ2) is 10.1. The molecule has 1 N–H and O–H groups in total. The van der Waals surface area contributed by atoms with E-state index < -0.39 is 0 Å². The molecular formula is C26H22Cl2N6OS. The Hall–Kier alpha value is -3.17. The first-order valence-electron chi connectivity index (χ1n) is 11.5. The lowest BCUT2D eigenvalue weighted by molar-refractivity contribution is 0.122. The molecule has 0 bridgehead atoms. The predicted molar refractivity (Wildman–Crippen MR) is 149 cm³/mol. The van der Waals surface area contributed by atoms with Gasteiger partial charge in [0.25, 0.3) is 0 Å². The van der Waals surface area contributed by atoms with Gasteiger partial charge in [0, 0.05) is 42.3 Å². The van der Waals surface area contributed by atoms with Crippen LogP contribution in [0.5, 0.6) is 0 Å². The number of rotatable bonds is 6. The zero-order chi connectivity index (χ0) is 24.5. The first-order chi connectivity index (χ1) is 17.7. The Morgan fingerprint density at radius 2 is 1.92 bits per heavy atom. The van der Waals surface area contributed by atoms with Crippen LogP contribution in [0.15, 0.2) is 65.2 Å². The van der Waals surface area contributed by atoms with E-state index >= 15 is 0 Å². The van der Waals surface area contributed by atoms with Crippen LogP contribution in [-0.2, 0) is 11.3 Å². The Bertz CT molecular complexity index is 1570. The number of thiophene rings is 1. The van der Waals surface area contributed by atoms with Gasteiger partial charge in [-0.05, 0) is 35.2 Å². The molecule has 5 aromatic rings. The molecule has 182 valence electrons. The number of hydrogen-bond acceptors (Lipinski definition) is 7. The average Bonchev–Trinajstić information content (AvgIpc) is 3.51. The van der Waals surface area contributed by atoms with E-state index in [1.54, 1.807) is 11.3 Å². The molecule has 0 radical (unpaired) electrons. The van der Waals surface area contributed by atoms with Crippen molar-refractivity contribution in [1.29, 1.82) is 0 Å². The van der Waals surface area contributed by atoms with Crippen LogP contribution in [0.4, 0.5) is 11.8 Å². The van der Waals surface area contributed by atoms with Crippen molar-refractivity contribution < 1.29 is 4.74 Å². The normalized spacial score (nSPS) is 14.3. The van der Waals surface area contributed by atoms with Crippen LogP contribution in [0, 0.1) is 0 Å². The Morgan fingerprint density at radius 3 is 2.78 bits per heavy atom. The molecule has 3 aromatic heterocycles. The van der Waals surface area contributed by atoms with E-state index in [4.69, 9.17) is 32.9 Å². The number of nitrogens with zero attached hydrogens (tertiary/aromatic N) is 5. The molecule has 0 aliphatic carbocycles. The van der Waals surface area contributed by atoms with Crippen molar-refractivity contribution >= 4 is 73.6 Å². The highest BCUT2D eigenvalue weighted by molar-refractivity contribution is 7.17. The number of benzene rings is 2. The summed E-state index contributed by atoms with van der Waals surface area (Å²) in [6.07, 6.45) is 3.89. The van der Waals surface area contributed by atoms with Crippen molar-refractivity contribution in [3.05, 3.63) is 81.3 Å². The molecule has 7 nitrogen and oxygen atoms in total. The number of ether oxygens (including phenoxy) is 1. The predicted octanol–water partition coefficient (Wildman–Crippen LogP) is 6.28. The average molecular weight is 537 g/mol. The fourth-order valence-corrected chi connectivity index (χ4v) is 5.56. The van der Waals surface area contributed by atoms with Crippen LogP contribution in [0.25, 0.3) is 21.1 Å². The van der Waals surface area contributed by atoms with E-state index in [9.17, 15) is 0 Å². The molecule has 1 saturated heterocycles. The monoisotopic (exact) mass is 536 g/mol. The second-order valence-corrected chi connectivity index (χ2v) is 10.2. The van der Waals surface area contributed by atoms with Crippen LogP contribution in [-0.4, -0.2) is 47.1 Å². The standard InChI is InChI=1S/C26H22Cl2N6OS/c27-20-6-5-17(13-21(20)28)15-34-16-18(19-3-1-2-4-23(19)34)14-29-32-26-30-22-7-12-36-24(22)25(31-26)33-8-10-35-11-9-33/h1-7,12-14,16H,8-11,15H2,(H,30,31,32)/b29-14+. The third-order valence-corrected chi connectivity index (χ3v) is 7.76. The third-order valence-electron chi connectivity index (χ3n) is 6.12. The quantitative estimate of drug-likeness (QED) is 0.204. The van der Waals surface area contributed by atoms with Gasteiger partial charge < -0.3 is 14.2 Å². The number of aromatic nitrogens is 3. The Balaban J connectivity index is 1.27. The SMILES string of the molecule is Clc1ccc(Cn2cc(/C=N/Nc3nc(N4CCOCC4)c4sccc4n3)c3ccccc32)cc1Cl. The summed E-state index contributed by atoms with van der Waals surface area (Å²) in [6, 6.07) is 16.0. The Labute approximate surface area is 221 Å². The van der Waals surface area contributed by atoms with E-state index in [1.807, 2.05) is 48.0 Å². The highest BCUT2D eigenvalue weighted by Gasteiger charge is 2.18. The number of morpholine rings is 1. The van der Waals surface area contributed by atoms with Gasteiger partial charge in [-0.2, -0.15) is 10.1 Å². The second-order valence-electron chi connectivity index (χ2n) is 8.45. The summed E-state index contributed by atoms with van der Waals surface area (Å²) >= 11 is 14.0. The molecule has 2 aromatic carbocycles. The summed E-state index contributed by atoms with van der Waals surface area (Å²) in [5.74, 6) is 1.40. The summed E-state index contributed by atoms with van der Waals surface area (Å²) in [6.45, 7) is 3.68. The zero-order valence-corrected chi connectivity index (χ0v) is 21.5. The molecule has 4 heterocycles. The van der Waals surface area contributed by atoms with E-state index in [1.165, 1.54) is 0 Å². The molecule has 0 unspecified atom stereocenters. The largest absolute Gasteiger partial charge is 0.378 e. The molecular weight excluding hydrogens is 515 g/mol. The summed E-state index contributed by atoms with van der Waals surface area (Å²) in [4.78, 5) is 11.7. The van der Waals surface area contributed by atoms with Crippen LogP contribution in [0.3, 0.4) is 0 Å². The van der Waals surface area contributed by atoms with Crippen molar-refractivity contribution in [2.24, 2.45) is 5.10 Å². The molecule has 10 heteroatoms. The molecule has 1 aliphatic rings. The van der Waals surface area contributed by atoms with Gasteiger partial charge in [0.1, 0.15) is 0 Å². The van der Waals surface area contributed by atoms with Gasteiger partial charge >= 0.3 is 0 Å². The van der Waals surface area contributed by atoms with Crippen molar-refractivity contribution in [2.75, 3.05) is 36.6 Å². The van der Waals surface area contributed by atoms with E-state index in [0.717, 1.165) is 51.2 Å². The highest BCUT2D eigenvalue weighted by atomic mass is 35.5. The number of hydrogen-bond donors (Lipinski definition) is 1. The maximum atomic E-state index is 6.23. The van der Waals surface area contributed by atoms with E-state index in [2.05, 4.69) is 43.3 Å². The Kier molecular flexibility index (Phi) is 6.50. The molecule has 1 fully saturated rings. The van der Waals surface area contributed by atoms with Crippen molar-refractivity contribution in [3.63, 3.8) is 0 Å². The number of halogens is 2. The van der Waals surface area contributed by atoms with Gasteiger partial charge in [-0.15, -0.1) is 11.3 Å². The van der Waals surface area contributed by atoms with Crippen molar-refractivity contribution in [2.45, 2.75) is 6.54 Å². The van der Waals surface area contributed by atoms with Crippen LogP contribution >= 0.6 is 34.5 Å². The summed E-state index contributed by atoms with van der Waals surface area (Å²) in [7, 11) is 0. The molecule has 36 heavy (non-hydrogen) atoms. The highest BCUT2D eigenvalue weighted by Crippen LogP contribution is 2.31. The number of anilines is 2. The lowest BCUT2D eigenvalue weighted by Crippen LogP contribution is -2.36. The van der Waals surface area contributed by atoms with Gasteiger partial charge in [-0.1, -0.05) is 47.5 Å². The Morgan fingerprint density at radius 1 is 1.06 bits per heavy atom. The van der Waals surface area contributed by atoms with Crippen LogP contribution < -0.4 is 10.3 Å². The molecule has 0 spiro atoms. The van der Waals surface area contributed by atoms with Gasteiger partial charge in [-0.25, -0.2) is 10.4 Å². The van der Waals surface area contributed by atoms with Crippen LogP contribution in [0.2, 0.25) is 10.0 Å². The number of nitrogens with one attached hydrogen (secondary N) is 1. The molecule has 0 saturated carbocycles. The maximum Gasteiger partial charge on any atom is 0.246 e. The third kappa shape index (κ3) is 4.65. The van der Waals surface area contributed by atoms with Gasteiger partial charge in [-0.3, -0.25) is 0 Å². The lowest BCUT2D eigenvalue weighted by atomic mass is 10.2. The van der Waals surface area contributed by atoms with E-state index in [-0.39, 0.29) is 0 Å². The number of fused-ring (bicyclic) bond motifs is 2. The minimum atomic E-state index is 0.471. The van der Waals surface area contributed by atoms with Gasteiger partial charge in [0.15, 0.2) is 5.82 Å². The first-order valence-corrected chi connectivity index (χ1v) is 13.2. The van der Waals surface area contributed by atoms with Crippen molar-refractivity contribution in [3.8, 4) is 0 Å². The summed E-state index contributed by atoms with van der Waals surface area (Å²) in [5.41, 5.74) is 7.12. The first kappa shape index (κ1) is 23.2. The topological polar surface area (TPSA) is 67.6 Å². The van der Waals surface area contributed by atoms with Gasteiger partial charge in [0.2, 0.25) is 5.95 Å². The number of hydrazone groups is 1. The minimum absolute atomic E-state index is 0.471. The lowest BCUT2D eigenvalue weighted by Gasteiger charge is -2.28. The van der Waals surface area contributed by atoms with Gasteiger partial charge in [0.05, 0.1) is 39.7 Å². The molecule has 1 aliphatic heterocycles. The smallest absolute Gasteiger partial charge is 0.246 e. The summed E-state index contributed by atoms with van der Waals surface area (Å²) in [5, 5.41) is 8.74. The zero-order valence-electron chi connectivity index (χ0n) is 19.2. The fourth-order valence-electron chi connectivity index (χ4n) is 4.39. The van der Waals surface area contributed by atoms with E-state index in [0.29, 0.717) is 35.8 Å². The molecule has 0 atom stereocenters. The molecule has 0 amide bonds. The maximum absolute atomic E-state index is 6.23. The summed E-state index contributed by atoms with van der Waals surface area (Å²) < 4.78 is 8.77.